The van der Waals surface area contributed by atoms with Crippen molar-refractivity contribution in [3.8, 4) is 0 Å². The number of fused-ring (bicyclic) bond motifs is 1. The van der Waals surface area contributed by atoms with Crippen LogP contribution in [0.4, 0.5) is 5.69 Å². The molecule has 9 nitrogen and oxygen atoms in total. The second-order valence-corrected chi connectivity index (χ2v) is 8.62. The number of carbonyl (C=O) groups excluding carboxylic acids is 2. The molecule has 0 spiro atoms. The number of hydrogen-bond donors (Lipinski definition) is 2. The number of amides is 1. The summed E-state index contributed by atoms with van der Waals surface area (Å²) in [6, 6.07) is 12.9. The minimum absolute atomic E-state index is 0.0351. The van der Waals surface area contributed by atoms with Crippen LogP contribution in [-0.2, 0) is 19.6 Å². The predicted molar refractivity (Wildman–Crippen MR) is 107 cm³/mol. The maximum Gasteiger partial charge on any atom is 0.360 e. The molecule has 3 rings (SSSR count). The Morgan fingerprint density at radius 2 is 1.86 bits per heavy atom. The molecule has 0 unspecified atom stereocenters. The highest BCUT2D eigenvalue weighted by atomic mass is 32.2. The fourth-order valence-corrected chi connectivity index (χ4v) is 3.53. The summed E-state index contributed by atoms with van der Waals surface area (Å²) in [5.74, 6) is -1.34. The topological polar surface area (TPSA) is 121 Å². The number of rotatable bonds is 6. The summed E-state index contributed by atoms with van der Waals surface area (Å²) in [4.78, 5) is 24.8. The summed E-state index contributed by atoms with van der Waals surface area (Å²) in [5, 5.41) is 9.82. The van der Waals surface area contributed by atoms with Crippen LogP contribution in [0.5, 0.6) is 0 Å². The SMILES string of the molecule is C[C@@H](OC(=O)c1n[nH]c2ccccc12)C(=O)Nc1cccc(S(=O)(=O)N(C)C)c1. The molecule has 152 valence electrons. The van der Waals surface area contributed by atoms with E-state index in [1.165, 1.54) is 39.2 Å². The highest BCUT2D eigenvalue weighted by Gasteiger charge is 2.23. The number of H-pyrrole nitrogens is 1. The van der Waals surface area contributed by atoms with Crippen molar-refractivity contribution in [2.24, 2.45) is 0 Å². The number of anilines is 1. The number of nitrogens with zero attached hydrogens (tertiary/aromatic N) is 2. The third-order valence-corrected chi connectivity index (χ3v) is 6.01. The highest BCUT2D eigenvalue weighted by Crippen LogP contribution is 2.19. The van der Waals surface area contributed by atoms with E-state index >= 15 is 0 Å². The van der Waals surface area contributed by atoms with Crippen LogP contribution in [0.2, 0.25) is 0 Å². The molecular formula is C19H20N4O5S. The molecule has 3 aromatic rings. The molecule has 1 amide bonds. The highest BCUT2D eigenvalue weighted by molar-refractivity contribution is 7.89. The Labute approximate surface area is 167 Å². The van der Waals surface area contributed by atoms with Crippen molar-refractivity contribution >= 4 is 38.5 Å². The van der Waals surface area contributed by atoms with Crippen LogP contribution < -0.4 is 5.32 Å². The van der Waals surface area contributed by atoms with Gasteiger partial charge < -0.3 is 10.1 Å². The standard InChI is InChI=1S/C19H20N4O5S/c1-12(28-19(25)17-15-9-4-5-10-16(15)21-22-17)18(24)20-13-7-6-8-14(11-13)29(26,27)23(2)3/h4-12H,1-3H3,(H,20,24)(H,21,22)/t12-/m1/s1. The lowest BCUT2D eigenvalue weighted by Gasteiger charge is -2.15. The quantitative estimate of drug-likeness (QED) is 0.593. The number of para-hydroxylation sites is 1. The van der Waals surface area contributed by atoms with E-state index in [1.54, 1.807) is 30.3 Å². The Bertz CT molecular complexity index is 1170. The van der Waals surface area contributed by atoms with Gasteiger partial charge in [-0.1, -0.05) is 24.3 Å². The fourth-order valence-electron chi connectivity index (χ4n) is 2.58. The average Bonchev–Trinajstić information content (AvgIpc) is 3.12. The number of esters is 1. The summed E-state index contributed by atoms with van der Waals surface area (Å²) >= 11 is 0. The summed E-state index contributed by atoms with van der Waals surface area (Å²) in [6.07, 6.45) is -1.12. The lowest BCUT2D eigenvalue weighted by Crippen LogP contribution is -2.30. The first-order valence-corrected chi connectivity index (χ1v) is 10.1. The van der Waals surface area contributed by atoms with Gasteiger partial charge in [-0.15, -0.1) is 0 Å². The first kappa shape index (κ1) is 20.5. The van der Waals surface area contributed by atoms with Gasteiger partial charge in [0.05, 0.1) is 10.4 Å². The number of aromatic amines is 1. The van der Waals surface area contributed by atoms with Crippen molar-refractivity contribution < 1.29 is 22.7 Å². The molecule has 10 heteroatoms. The van der Waals surface area contributed by atoms with Gasteiger partial charge >= 0.3 is 5.97 Å². The molecule has 1 aromatic heterocycles. The monoisotopic (exact) mass is 416 g/mol. The van der Waals surface area contributed by atoms with E-state index in [-0.39, 0.29) is 16.3 Å². The molecule has 2 aromatic carbocycles. The first-order chi connectivity index (χ1) is 13.7. The van der Waals surface area contributed by atoms with Crippen molar-refractivity contribution in [2.45, 2.75) is 17.9 Å². The maximum absolute atomic E-state index is 12.4. The van der Waals surface area contributed by atoms with Gasteiger partial charge in [0.1, 0.15) is 0 Å². The third-order valence-electron chi connectivity index (χ3n) is 4.20. The van der Waals surface area contributed by atoms with E-state index in [0.717, 1.165) is 4.31 Å². The van der Waals surface area contributed by atoms with Crippen LogP contribution in [0.1, 0.15) is 17.4 Å². The first-order valence-electron chi connectivity index (χ1n) is 8.67. The van der Waals surface area contributed by atoms with Crippen LogP contribution in [0.3, 0.4) is 0 Å². The number of carbonyl (C=O) groups is 2. The van der Waals surface area contributed by atoms with Gasteiger partial charge in [-0.25, -0.2) is 17.5 Å². The maximum atomic E-state index is 12.4. The molecule has 0 aliphatic rings. The number of benzene rings is 2. The lowest BCUT2D eigenvalue weighted by atomic mass is 10.2. The van der Waals surface area contributed by atoms with E-state index in [4.69, 9.17) is 4.74 Å². The molecule has 0 aliphatic heterocycles. The molecular weight excluding hydrogens is 396 g/mol. The number of hydrogen-bond acceptors (Lipinski definition) is 6. The van der Waals surface area contributed by atoms with Gasteiger partial charge in [-0.3, -0.25) is 9.89 Å². The normalized spacial score (nSPS) is 12.7. The zero-order valence-corrected chi connectivity index (χ0v) is 16.9. The summed E-state index contributed by atoms with van der Waals surface area (Å²) in [6.45, 7) is 1.42. The summed E-state index contributed by atoms with van der Waals surface area (Å²) < 4.78 is 30.7. The third kappa shape index (κ3) is 4.28. The second-order valence-electron chi connectivity index (χ2n) is 6.47. The Morgan fingerprint density at radius 3 is 2.59 bits per heavy atom. The smallest absolute Gasteiger partial charge is 0.360 e. The van der Waals surface area contributed by atoms with E-state index in [2.05, 4.69) is 15.5 Å². The van der Waals surface area contributed by atoms with E-state index in [0.29, 0.717) is 10.9 Å². The Hall–Kier alpha value is -3.24. The molecule has 0 saturated heterocycles. The van der Waals surface area contributed by atoms with Gasteiger partial charge in [0.25, 0.3) is 5.91 Å². The van der Waals surface area contributed by atoms with Crippen LogP contribution in [0.15, 0.2) is 53.4 Å². The van der Waals surface area contributed by atoms with Crippen LogP contribution in [0, 0.1) is 0 Å². The number of ether oxygens (including phenoxy) is 1. The molecule has 0 radical (unpaired) electrons. The molecule has 0 saturated carbocycles. The Balaban J connectivity index is 1.70. The van der Waals surface area contributed by atoms with Crippen molar-refractivity contribution in [3.05, 3.63) is 54.2 Å². The van der Waals surface area contributed by atoms with Gasteiger partial charge in [0.15, 0.2) is 11.8 Å². The minimum atomic E-state index is -3.64. The zero-order valence-electron chi connectivity index (χ0n) is 16.0. The van der Waals surface area contributed by atoms with Crippen molar-refractivity contribution in [3.63, 3.8) is 0 Å². The van der Waals surface area contributed by atoms with Crippen LogP contribution in [0.25, 0.3) is 10.9 Å². The van der Waals surface area contributed by atoms with Crippen molar-refractivity contribution in [1.29, 1.82) is 0 Å². The molecule has 2 N–H and O–H groups in total. The molecule has 1 heterocycles. The van der Waals surface area contributed by atoms with E-state index < -0.39 is 28.0 Å². The second kappa shape index (κ2) is 8.02. The number of aromatic nitrogens is 2. The van der Waals surface area contributed by atoms with Gasteiger partial charge in [-0.2, -0.15) is 5.10 Å². The molecule has 0 bridgehead atoms. The number of sulfonamides is 1. The van der Waals surface area contributed by atoms with Crippen LogP contribution in [-0.4, -0.2) is 55.0 Å². The Kier molecular flexibility index (Phi) is 5.66. The molecule has 0 aliphatic carbocycles. The molecule has 1 atom stereocenters. The van der Waals surface area contributed by atoms with Crippen molar-refractivity contribution in [1.82, 2.24) is 14.5 Å². The molecule has 0 fully saturated rings. The van der Waals surface area contributed by atoms with Crippen LogP contribution >= 0.6 is 0 Å². The van der Waals surface area contributed by atoms with Gasteiger partial charge in [0.2, 0.25) is 10.0 Å². The zero-order chi connectivity index (χ0) is 21.2. The van der Waals surface area contributed by atoms with E-state index in [1.807, 2.05) is 0 Å². The summed E-state index contributed by atoms with van der Waals surface area (Å²) in [7, 11) is -0.805. The molecule has 29 heavy (non-hydrogen) atoms. The largest absolute Gasteiger partial charge is 0.448 e. The van der Waals surface area contributed by atoms with Crippen molar-refractivity contribution in [2.75, 3.05) is 19.4 Å². The van der Waals surface area contributed by atoms with E-state index in [9.17, 15) is 18.0 Å². The van der Waals surface area contributed by atoms with Gasteiger partial charge in [-0.05, 0) is 31.2 Å². The predicted octanol–water partition coefficient (Wildman–Crippen LogP) is 2.00. The fraction of sp³-hybridized carbons (Fsp3) is 0.211. The Morgan fingerprint density at radius 1 is 1.14 bits per heavy atom. The average molecular weight is 416 g/mol. The lowest BCUT2D eigenvalue weighted by molar-refractivity contribution is -0.123. The minimum Gasteiger partial charge on any atom is -0.448 e. The summed E-state index contributed by atoms with van der Waals surface area (Å²) in [5.41, 5.74) is 1.03. The van der Waals surface area contributed by atoms with Gasteiger partial charge in [0, 0.05) is 25.2 Å². The number of nitrogens with one attached hydrogen (secondary N) is 2.